The highest BCUT2D eigenvalue weighted by Gasteiger charge is 2.14. The van der Waals surface area contributed by atoms with E-state index in [9.17, 15) is 0 Å². The summed E-state index contributed by atoms with van der Waals surface area (Å²) in [4.78, 5) is 10.8. The maximum Gasteiger partial charge on any atom is 0.137 e. The molecular weight excluding hydrogens is 306 g/mol. The fourth-order valence-electron chi connectivity index (χ4n) is 2.55. The third kappa shape index (κ3) is 3.88. The highest BCUT2D eigenvalue weighted by Crippen LogP contribution is 2.25. The number of hydrogen-bond donors (Lipinski definition) is 0. The van der Waals surface area contributed by atoms with Gasteiger partial charge in [-0.3, -0.25) is 0 Å². The van der Waals surface area contributed by atoms with Gasteiger partial charge in [0.15, 0.2) is 0 Å². The zero-order valence-electron chi connectivity index (χ0n) is 13.0. The van der Waals surface area contributed by atoms with Gasteiger partial charge in [-0.25, -0.2) is 9.97 Å². The third-order valence-electron chi connectivity index (χ3n) is 3.73. The Morgan fingerprint density at radius 1 is 0.826 bits per heavy atom. The Morgan fingerprint density at radius 2 is 1.35 bits per heavy atom. The molecule has 3 nitrogen and oxygen atoms in total. The molecular formula is C19H18ClN3. The van der Waals surface area contributed by atoms with Crippen molar-refractivity contribution in [3.8, 4) is 0 Å². The van der Waals surface area contributed by atoms with Crippen LogP contribution in [0.5, 0.6) is 0 Å². The normalized spacial score (nSPS) is 10.5. The van der Waals surface area contributed by atoms with Gasteiger partial charge in [-0.1, -0.05) is 72.3 Å². The monoisotopic (exact) mass is 323 g/mol. The lowest BCUT2D eigenvalue weighted by atomic mass is 10.1. The molecule has 0 fully saturated rings. The summed E-state index contributed by atoms with van der Waals surface area (Å²) < 4.78 is 0. The Labute approximate surface area is 141 Å². The minimum absolute atomic E-state index is 0.501. The van der Waals surface area contributed by atoms with Crippen molar-refractivity contribution in [2.45, 2.75) is 20.0 Å². The van der Waals surface area contributed by atoms with Crippen LogP contribution < -0.4 is 4.90 Å². The molecule has 4 heteroatoms. The molecule has 0 aliphatic heterocycles. The summed E-state index contributed by atoms with van der Waals surface area (Å²) in [5, 5.41) is 0.501. The Morgan fingerprint density at radius 3 is 1.87 bits per heavy atom. The predicted molar refractivity (Wildman–Crippen MR) is 94.6 cm³/mol. The molecule has 0 bridgehead atoms. The molecule has 3 rings (SSSR count). The SMILES string of the molecule is Cc1c(Cl)ncnc1N(Cc1ccccc1)Cc1ccccc1. The van der Waals surface area contributed by atoms with Crippen molar-refractivity contribution in [1.82, 2.24) is 9.97 Å². The molecule has 0 spiro atoms. The van der Waals surface area contributed by atoms with E-state index >= 15 is 0 Å². The van der Waals surface area contributed by atoms with Crippen LogP contribution in [0.3, 0.4) is 0 Å². The second-order valence-corrected chi connectivity index (χ2v) is 5.80. The summed E-state index contributed by atoms with van der Waals surface area (Å²) in [6.07, 6.45) is 1.52. The molecule has 0 N–H and O–H groups in total. The van der Waals surface area contributed by atoms with Crippen molar-refractivity contribution in [3.05, 3.63) is 88.8 Å². The summed E-state index contributed by atoms with van der Waals surface area (Å²) in [7, 11) is 0. The van der Waals surface area contributed by atoms with Crippen LogP contribution in [-0.4, -0.2) is 9.97 Å². The lowest BCUT2D eigenvalue weighted by Gasteiger charge is -2.25. The summed E-state index contributed by atoms with van der Waals surface area (Å²) in [5.74, 6) is 0.873. The van der Waals surface area contributed by atoms with Gasteiger partial charge in [0.2, 0.25) is 0 Å². The number of hydrogen-bond acceptors (Lipinski definition) is 3. The van der Waals surface area contributed by atoms with E-state index in [0.717, 1.165) is 24.5 Å². The molecule has 23 heavy (non-hydrogen) atoms. The van der Waals surface area contributed by atoms with Gasteiger partial charge >= 0.3 is 0 Å². The Kier molecular flexibility index (Phi) is 4.89. The highest BCUT2D eigenvalue weighted by atomic mass is 35.5. The van der Waals surface area contributed by atoms with Crippen molar-refractivity contribution in [2.75, 3.05) is 4.90 Å². The number of benzene rings is 2. The fraction of sp³-hybridized carbons (Fsp3) is 0.158. The zero-order chi connectivity index (χ0) is 16.1. The number of aromatic nitrogens is 2. The topological polar surface area (TPSA) is 29.0 Å². The Hall–Kier alpha value is -2.39. The smallest absolute Gasteiger partial charge is 0.137 e. The lowest BCUT2D eigenvalue weighted by Crippen LogP contribution is -2.24. The summed E-state index contributed by atoms with van der Waals surface area (Å²) in [6.45, 7) is 3.49. The van der Waals surface area contributed by atoms with E-state index in [4.69, 9.17) is 11.6 Å². The molecule has 0 saturated heterocycles. The van der Waals surface area contributed by atoms with Crippen LogP contribution in [-0.2, 0) is 13.1 Å². The van der Waals surface area contributed by atoms with E-state index in [1.54, 1.807) is 0 Å². The average Bonchev–Trinajstić information content (AvgIpc) is 2.59. The van der Waals surface area contributed by atoms with Crippen molar-refractivity contribution in [3.63, 3.8) is 0 Å². The quantitative estimate of drug-likeness (QED) is 0.640. The van der Waals surface area contributed by atoms with Crippen molar-refractivity contribution in [2.24, 2.45) is 0 Å². The molecule has 0 saturated carbocycles. The summed E-state index contributed by atoms with van der Waals surface area (Å²) in [6, 6.07) is 20.7. The van der Waals surface area contributed by atoms with E-state index < -0.39 is 0 Å². The molecule has 116 valence electrons. The van der Waals surface area contributed by atoms with Crippen molar-refractivity contribution >= 4 is 17.4 Å². The third-order valence-corrected chi connectivity index (χ3v) is 4.11. The largest absolute Gasteiger partial charge is 0.348 e. The van der Waals surface area contributed by atoms with E-state index in [-0.39, 0.29) is 0 Å². The first kappa shape index (κ1) is 15.5. The maximum atomic E-state index is 6.19. The van der Waals surface area contributed by atoms with Crippen LogP contribution in [0.1, 0.15) is 16.7 Å². The van der Waals surface area contributed by atoms with E-state index in [1.165, 1.54) is 17.5 Å². The molecule has 2 aromatic carbocycles. The molecule has 0 radical (unpaired) electrons. The van der Waals surface area contributed by atoms with Crippen LogP contribution in [0, 0.1) is 6.92 Å². The van der Waals surface area contributed by atoms with Crippen molar-refractivity contribution < 1.29 is 0 Å². The van der Waals surface area contributed by atoms with Crippen LogP contribution >= 0.6 is 11.6 Å². The molecule has 1 heterocycles. The van der Waals surface area contributed by atoms with Crippen LogP contribution in [0.2, 0.25) is 5.15 Å². The van der Waals surface area contributed by atoms with Gasteiger partial charge in [0.05, 0.1) is 0 Å². The standard InChI is InChI=1S/C19H18ClN3/c1-15-18(20)21-14-22-19(15)23(12-16-8-4-2-5-9-16)13-17-10-6-3-7-11-17/h2-11,14H,12-13H2,1H3. The van der Waals surface area contributed by atoms with Gasteiger partial charge in [0.25, 0.3) is 0 Å². The van der Waals surface area contributed by atoms with Crippen LogP contribution in [0.15, 0.2) is 67.0 Å². The first-order valence-electron chi connectivity index (χ1n) is 7.54. The van der Waals surface area contributed by atoms with Crippen LogP contribution in [0.25, 0.3) is 0 Å². The summed E-state index contributed by atoms with van der Waals surface area (Å²) >= 11 is 6.19. The van der Waals surface area contributed by atoms with Gasteiger partial charge in [0.1, 0.15) is 17.3 Å². The molecule has 1 aromatic heterocycles. The molecule has 0 amide bonds. The second kappa shape index (κ2) is 7.25. The molecule has 0 aliphatic rings. The first-order chi connectivity index (χ1) is 11.2. The molecule has 0 atom stereocenters. The summed E-state index contributed by atoms with van der Waals surface area (Å²) in [5.41, 5.74) is 3.37. The number of halogens is 1. The minimum Gasteiger partial charge on any atom is -0.348 e. The molecule has 0 unspecified atom stereocenters. The minimum atomic E-state index is 0.501. The van der Waals surface area contributed by atoms with Gasteiger partial charge < -0.3 is 4.90 Å². The van der Waals surface area contributed by atoms with Crippen LogP contribution in [0.4, 0.5) is 5.82 Å². The number of anilines is 1. The van der Waals surface area contributed by atoms with E-state index in [2.05, 4.69) is 63.4 Å². The Balaban J connectivity index is 1.94. The number of nitrogens with zero attached hydrogens (tertiary/aromatic N) is 3. The Bertz CT molecular complexity index is 719. The lowest BCUT2D eigenvalue weighted by molar-refractivity contribution is 0.775. The second-order valence-electron chi connectivity index (χ2n) is 5.44. The fourth-order valence-corrected chi connectivity index (χ4v) is 2.68. The van der Waals surface area contributed by atoms with Crippen molar-refractivity contribution in [1.29, 1.82) is 0 Å². The van der Waals surface area contributed by atoms with E-state index in [0.29, 0.717) is 5.15 Å². The average molecular weight is 324 g/mol. The highest BCUT2D eigenvalue weighted by molar-refractivity contribution is 6.30. The van der Waals surface area contributed by atoms with E-state index in [1.807, 2.05) is 19.1 Å². The zero-order valence-corrected chi connectivity index (χ0v) is 13.7. The predicted octanol–water partition coefficient (Wildman–Crippen LogP) is 4.65. The van der Waals surface area contributed by atoms with Gasteiger partial charge in [-0.15, -0.1) is 0 Å². The van der Waals surface area contributed by atoms with Gasteiger partial charge in [-0.2, -0.15) is 0 Å². The first-order valence-corrected chi connectivity index (χ1v) is 7.92. The maximum absolute atomic E-state index is 6.19. The number of rotatable bonds is 5. The molecule has 3 aromatic rings. The van der Waals surface area contributed by atoms with Gasteiger partial charge in [0, 0.05) is 18.7 Å². The molecule has 0 aliphatic carbocycles. The van der Waals surface area contributed by atoms with Gasteiger partial charge in [-0.05, 0) is 18.1 Å².